The summed E-state index contributed by atoms with van der Waals surface area (Å²) >= 11 is 5.98. The predicted molar refractivity (Wildman–Crippen MR) is 185 cm³/mol. The molecule has 1 amide bonds. The number of rotatable bonds is 10. The third-order valence-corrected chi connectivity index (χ3v) is 9.62. The molecule has 0 bridgehead atoms. The standard InChI is InChI=1S/C35H33ClN4O6S/c1-44-32-18-22(19-33(45-2)34(32)46-3)29-21-27(26-8-4-5-9-28(26)37-29)35(41)38-30-20-25(14-15-31(30)40-16-6-7-17-40)47(42,43)39-24-12-10-23(36)11-13-24/h4-5,8-15,18-21,39H,6-7,16-17H2,1-3H3,(H,38,41). The summed E-state index contributed by atoms with van der Waals surface area (Å²) in [4.78, 5) is 21.2. The van der Waals surface area contributed by atoms with Crippen LogP contribution in [0.25, 0.3) is 22.2 Å². The quantitative estimate of drug-likeness (QED) is 0.159. The zero-order valence-corrected chi connectivity index (χ0v) is 27.6. The van der Waals surface area contributed by atoms with Gasteiger partial charge < -0.3 is 24.4 Å². The normalized spacial score (nSPS) is 13.0. The molecule has 0 unspecified atom stereocenters. The Bertz CT molecular complexity index is 2040. The zero-order chi connectivity index (χ0) is 33.1. The fraction of sp³-hybridized carbons (Fsp3) is 0.200. The van der Waals surface area contributed by atoms with Crippen molar-refractivity contribution in [3.05, 3.63) is 95.5 Å². The highest BCUT2D eigenvalue weighted by Crippen LogP contribution is 2.41. The third-order valence-electron chi connectivity index (χ3n) is 7.99. The molecule has 2 heterocycles. The van der Waals surface area contributed by atoms with Crippen LogP contribution in [0.15, 0.2) is 89.8 Å². The SMILES string of the molecule is COc1cc(-c2cc(C(=O)Nc3cc(S(=O)(=O)Nc4ccc(Cl)cc4)ccc3N3CCCC3)c3ccccc3n2)cc(OC)c1OC. The summed E-state index contributed by atoms with van der Waals surface area (Å²) in [6.45, 7) is 1.59. The van der Waals surface area contributed by atoms with Gasteiger partial charge in [-0.3, -0.25) is 9.52 Å². The molecule has 1 saturated heterocycles. The second-order valence-corrected chi connectivity index (χ2v) is 13.0. The van der Waals surface area contributed by atoms with Gasteiger partial charge in [-0.25, -0.2) is 13.4 Å². The van der Waals surface area contributed by atoms with Gasteiger partial charge in [-0.2, -0.15) is 0 Å². The number of anilines is 3. The fourth-order valence-corrected chi connectivity index (χ4v) is 6.89. The summed E-state index contributed by atoms with van der Waals surface area (Å²) in [5, 5.41) is 4.16. The lowest BCUT2D eigenvalue weighted by atomic mass is 10.0. The Morgan fingerprint density at radius 2 is 1.53 bits per heavy atom. The number of halogens is 1. The number of nitrogens with one attached hydrogen (secondary N) is 2. The van der Waals surface area contributed by atoms with Crippen molar-refractivity contribution in [2.75, 3.05) is 49.4 Å². The van der Waals surface area contributed by atoms with E-state index in [1.807, 2.05) is 24.3 Å². The Labute approximate surface area is 278 Å². The van der Waals surface area contributed by atoms with Crippen molar-refractivity contribution < 1.29 is 27.4 Å². The Morgan fingerprint density at radius 3 is 2.19 bits per heavy atom. The highest BCUT2D eigenvalue weighted by Gasteiger charge is 2.24. The molecule has 1 aliphatic heterocycles. The first-order chi connectivity index (χ1) is 22.7. The number of benzene rings is 4. The average Bonchev–Trinajstić information content (AvgIpc) is 3.63. The molecule has 2 N–H and O–H groups in total. The average molecular weight is 673 g/mol. The molecular formula is C35H33ClN4O6S. The summed E-state index contributed by atoms with van der Waals surface area (Å²) in [5.74, 6) is 0.914. The van der Waals surface area contributed by atoms with Crippen LogP contribution < -0.4 is 29.1 Å². The molecule has 6 rings (SSSR count). The maximum Gasteiger partial charge on any atom is 0.261 e. The number of sulfonamides is 1. The number of methoxy groups -OCH3 is 3. The molecular weight excluding hydrogens is 640 g/mol. The Balaban J connectivity index is 1.42. The first-order valence-electron chi connectivity index (χ1n) is 14.9. The zero-order valence-electron chi connectivity index (χ0n) is 26.0. The van der Waals surface area contributed by atoms with Gasteiger partial charge in [-0.1, -0.05) is 29.8 Å². The van der Waals surface area contributed by atoms with Crippen LogP contribution in [0.4, 0.5) is 17.1 Å². The number of nitrogens with zero attached hydrogens (tertiary/aromatic N) is 2. The van der Waals surface area contributed by atoms with Crippen LogP contribution in [-0.4, -0.2) is 53.7 Å². The van der Waals surface area contributed by atoms with E-state index < -0.39 is 15.9 Å². The first-order valence-corrected chi connectivity index (χ1v) is 16.8. The van der Waals surface area contributed by atoms with Crippen LogP contribution in [0.3, 0.4) is 0 Å². The van der Waals surface area contributed by atoms with Gasteiger partial charge in [0.05, 0.1) is 54.4 Å². The maximum absolute atomic E-state index is 14.2. The molecule has 0 aliphatic carbocycles. The number of carbonyl (C=O) groups is 1. The van der Waals surface area contributed by atoms with Gasteiger partial charge in [0.15, 0.2) is 11.5 Å². The summed E-state index contributed by atoms with van der Waals surface area (Å²) in [6.07, 6.45) is 2.00. The van der Waals surface area contributed by atoms with E-state index in [-0.39, 0.29) is 4.90 Å². The second-order valence-electron chi connectivity index (χ2n) is 10.9. The number of hydrogen-bond acceptors (Lipinski definition) is 8. The molecule has 242 valence electrons. The van der Waals surface area contributed by atoms with Gasteiger partial charge in [0.2, 0.25) is 5.75 Å². The molecule has 0 atom stereocenters. The van der Waals surface area contributed by atoms with Crippen LogP contribution in [0.1, 0.15) is 23.2 Å². The van der Waals surface area contributed by atoms with Crippen LogP contribution in [-0.2, 0) is 10.0 Å². The number of hydrogen-bond donors (Lipinski definition) is 2. The van der Waals surface area contributed by atoms with E-state index in [0.717, 1.165) is 31.6 Å². The molecule has 5 aromatic rings. The molecule has 1 fully saturated rings. The van der Waals surface area contributed by atoms with E-state index >= 15 is 0 Å². The molecule has 0 spiro atoms. The highest BCUT2D eigenvalue weighted by atomic mass is 35.5. The minimum absolute atomic E-state index is 0.00314. The number of fused-ring (bicyclic) bond motifs is 1. The molecule has 47 heavy (non-hydrogen) atoms. The molecule has 12 heteroatoms. The monoisotopic (exact) mass is 672 g/mol. The molecule has 0 radical (unpaired) electrons. The number of para-hydroxylation sites is 1. The van der Waals surface area contributed by atoms with E-state index in [4.69, 9.17) is 30.8 Å². The molecule has 10 nitrogen and oxygen atoms in total. The minimum atomic E-state index is -3.99. The molecule has 1 aromatic heterocycles. The van der Waals surface area contributed by atoms with E-state index in [1.54, 1.807) is 54.6 Å². The summed E-state index contributed by atoms with van der Waals surface area (Å²) in [5.41, 5.74) is 3.61. The van der Waals surface area contributed by atoms with Crippen molar-refractivity contribution in [2.24, 2.45) is 0 Å². The first kappa shape index (κ1) is 32.0. The van der Waals surface area contributed by atoms with Crippen molar-refractivity contribution in [3.8, 4) is 28.5 Å². The van der Waals surface area contributed by atoms with Crippen molar-refractivity contribution in [3.63, 3.8) is 0 Å². The van der Waals surface area contributed by atoms with Gasteiger partial charge in [-0.05, 0) is 79.6 Å². The number of carbonyl (C=O) groups excluding carboxylic acids is 1. The lowest BCUT2D eigenvalue weighted by Gasteiger charge is -2.23. The lowest BCUT2D eigenvalue weighted by molar-refractivity contribution is 0.102. The minimum Gasteiger partial charge on any atom is -0.493 e. The van der Waals surface area contributed by atoms with E-state index in [0.29, 0.717) is 61.4 Å². The van der Waals surface area contributed by atoms with Crippen molar-refractivity contribution >= 4 is 55.5 Å². The van der Waals surface area contributed by atoms with E-state index in [9.17, 15) is 13.2 Å². The third kappa shape index (κ3) is 6.63. The van der Waals surface area contributed by atoms with Gasteiger partial charge in [-0.15, -0.1) is 0 Å². The molecule has 4 aromatic carbocycles. The smallest absolute Gasteiger partial charge is 0.261 e. The molecule has 1 aliphatic rings. The van der Waals surface area contributed by atoms with E-state index in [1.165, 1.54) is 27.4 Å². The van der Waals surface area contributed by atoms with Gasteiger partial charge in [0, 0.05) is 34.7 Å². The van der Waals surface area contributed by atoms with Crippen LogP contribution in [0.2, 0.25) is 5.02 Å². The predicted octanol–water partition coefficient (Wildman–Crippen LogP) is 7.23. The van der Waals surface area contributed by atoms with Crippen LogP contribution in [0.5, 0.6) is 17.2 Å². The van der Waals surface area contributed by atoms with Gasteiger partial charge in [0.1, 0.15) is 0 Å². The summed E-state index contributed by atoms with van der Waals surface area (Å²) in [7, 11) is 0.602. The Kier molecular flexibility index (Phi) is 9.10. The maximum atomic E-state index is 14.2. The highest BCUT2D eigenvalue weighted by molar-refractivity contribution is 7.92. The van der Waals surface area contributed by atoms with E-state index in [2.05, 4.69) is 14.9 Å². The Hall–Kier alpha value is -5.00. The van der Waals surface area contributed by atoms with Gasteiger partial charge >= 0.3 is 0 Å². The number of ether oxygens (including phenoxy) is 3. The summed E-state index contributed by atoms with van der Waals surface area (Å²) in [6, 6.07) is 23.8. The Morgan fingerprint density at radius 1 is 0.851 bits per heavy atom. The van der Waals surface area contributed by atoms with Crippen molar-refractivity contribution in [2.45, 2.75) is 17.7 Å². The number of pyridine rings is 1. The molecule has 0 saturated carbocycles. The summed E-state index contributed by atoms with van der Waals surface area (Å²) < 4.78 is 46.1. The lowest BCUT2D eigenvalue weighted by Crippen LogP contribution is -2.22. The largest absolute Gasteiger partial charge is 0.493 e. The van der Waals surface area contributed by atoms with Gasteiger partial charge in [0.25, 0.3) is 15.9 Å². The number of aromatic nitrogens is 1. The number of amides is 1. The van der Waals surface area contributed by atoms with Crippen molar-refractivity contribution in [1.82, 2.24) is 4.98 Å². The fourth-order valence-electron chi connectivity index (χ4n) is 5.68. The van der Waals surface area contributed by atoms with Crippen molar-refractivity contribution in [1.29, 1.82) is 0 Å². The second kappa shape index (κ2) is 13.4. The van der Waals surface area contributed by atoms with Crippen LogP contribution in [0, 0.1) is 0 Å². The topological polar surface area (TPSA) is 119 Å². The van der Waals surface area contributed by atoms with Crippen LogP contribution >= 0.6 is 11.6 Å².